The van der Waals surface area contributed by atoms with E-state index in [4.69, 9.17) is 10.8 Å². The second-order valence-electron chi connectivity index (χ2n) is 8.28. The van der Waals surface area contributed by atoms with Crippen molar-refractivity contribution in [2.24, 2.45) is 5.73 Å². The van der Waals surface area contributed by atoms with Crippen LogP contribution in [0.3, 0.4) is 0 Å². The highest BCUT2D eigenvalue weighted by Crippen LogP contribution is 2.27. The van der Waals surface area contributed by atoms with Gasteiger partial charge in [0.2, 0.25) is 5.91 Å². The highest BCUT2D eigenvalue weighted by molar-refractivity contribution is 5.74. The molecule has 0 atom stereocenters. The van der Waals surface area contributed by atoms with Gasteiger partial charge in [-0.15, -0.1) is 0 Å². The Kier molecular flexibility index (Phi) is 14.9. The molecule has 0 aromatic heterocycles. The van der Waals surface area contributed by atoms with E-state index < -0.39 is 23.1 Å². The van der Waals surface area contributed by atoms with Crippen molar-refractivity contribution >= 4 is 17.3 Å². The number of nitrogens with one attached hydrogen (secondary N) is 2. The van der Waals surface area contributed by atoms with Crippen molar-refractivity contribution in [1.82, 2.24) is 10.2 Å². The van der Waals surface area contributed by atoms with Gasteiger partial charge in [0, 0.05) is 6.92 Å². The molecule has 9 heteroatoms. The molecule has 5 N–H and O–H groups in total. The standard InChI is InChI=1S/C14H12F3N.C6H11NO2.C4H12N2.C2H6/c1-8-3-6-12(11(16)7-8)18-14-9(2)4-5-10(15)13(14)17;1-5(8)7-3-6(2,9)4-7;1-6-4-2-3-5;1-2/h3-7,18H,1-2H3;9H,3-4H2,1-2H3;6H,2-5H2,1H3;1-2H3. The fraction of sp³-hybridized carbons (Fsp3) is 0.500. The third-order valence-corrected chi connectivity index (χ3v) is 4.83. The Morgan fingerprint density at radius 2 is 1.71 bits per heavy atom. The van der Waals surface area contributed by atoms with Crippen molar-refractivity contribution in [1.29, 1.82) is 0 Å². The average molecular weight is 499 g/mol. The topological polar surface area (TPSA) is 90.6 Å². The fourth-order valence-electron chi connectivity index (χ4n) is 2.93. The number of β-amino-alcohol motifs (C(OH)–C–C–N with tert-alkyl or cyclic N) is 1. The average Bonchev–Trinajstić information content (AvgIpc) is 2.79. The first-order valence-corrected chi connectivity index (χ1v) is 11.7. The minimum absolute atomic E-state index is 0.0431. The molecule has 198 valence electrons. The summed E-state index contributed by atoms with van der Waals surface area (Å²) in [6, 6.07) is 7.00. The number of aliphatic hydroxyl groups is 1. The summed E-state index contributed by atoms with van der Waals surface area (Å²) in [5, 5.41) is 14.7. The van der Waals surface area contributed by atoms with Crippen LogP contribution in [0, 0.1) is 31.3 Å². The van der Waals surface area contributed by atoms with Crippen LogP contribution in [-0.4, -0.2) is 54.7 Å². The zero-order chi connectivity index (χ0) is 27.2. The Hall–Kier alpha value is -2.62. The third kappa shape index (κ3) is 11.6. The Bertz CT molecular complexity index is 912. The van der Waals surface area contributed by atoms with Crippen LogP contribution in [0.15, 0.2) is 30.3 Å². The summed E-state index contributed by atoms with van der Waals surface area (Å²) < 4.78 is 40.3. The Morgan fingerprint density at radius 1 is 1.11 bits per heavy atom. The third-order valence-electron chi connectivity index (χ3n) is 4.83. The van der Waals surface area contributed by atoms with Crippen molar-refractivity contribution < 1.29 is 23.1 Å². The molecule has 1 aliphatic heterocycles. The maximum Gasteiger partial charge on any atom is 0.219 e. The zero-order valence-corrected chi connectivity index (χ0v) is 21.9. The van der Waals surface area contributed by atoms with Crippen molar-refractivity contribution in [2.75, 3.05) is 38.5 Å². The molecule has 1 aliphatic rings. The number of carbonyl (C=O) groups excluding carboxylic acids is 1. The van der Waals surface area contributed by atoms with Crippen LogP contribution in [-0.2, 0) is 4.79 Å². The van der Waals surface area contributed by atoms with Gasteiger partial charge < -0.3 is 26.4 Å². The molecule has 3 rings (SSSR count). The Balaban J connectivity index is 0.000000567. The van der Waals surface area contributed by atoms with E-state index in [1.54, 1.807) is 31.7 Å². The second kappa shape index (κ2) is 16.1. The predicted molar refractivity (Wildman–Crippen MR) is 137 cm³/mol. The fourth-order valence-corrected chi connectivity index (χ4v) is 2.93. The quantitative estimate of drug-likeness (QED) is 0.451. The predicted octanol–water partition coefficient (Wildman–Crippen LogP) is 4.64. The van der Waals surface area contributed by atoms with Gasteiger partial charge in [-0.1, -0.05) is 26.0 Å². The van der Waals surface area contributed by atoms with E-state index in [1.807, 2.05) is 20.9 Å². The van der Waals surface area contributed by atoms with Gasteiger partial charge in [-0.3, -0.25) is 4.79 Å². The highest BCUT2D eigenvalue weighted by atomic mass is 19.2. The monoisotopic (exact) mass is 498 g/mol. The number of hydrogen-bond donors (Lipinski definition) is 4. The van der Waals surface area contributed by atoms with Crippen molar-refractivity contribution in [3.63, 3.8) is 0 Å². The van der Waals surface area contributed by atoms with Gasteiger partial charge in [-0.2, -0.15) is 0 Å². The van der Waals surface area contributed by atoms with E-state index in [9.17, 15) is 18.0 Å². The van der Waals surface area contributed by atoms with Gasteiger partial charge in [0.25, 0.3) is 0 Å². The van der Waals surface area contributed by atoms with E-state index in [2.05, 4.69) is 10.6 Å². The molecule has 1 heterocycles. The molecular weight excluding hydrogens is 457 g/mol. The number of hydrogen-bond acceptors (Lipinski definition) is 5. The van der Waals surface area contributed by atoms with Crippen molar-refractivity contribution in [2.45, 2.75) is 53.6 Å². The van der Waals surface area contributed by atoms with Crippen LogP contribution < -0.4 is 16.4 Å². The van der Waals surface area contributed by atoms with Crippen molar-refractivity contribution in [3.05, 3.63) is 58.9 Å². The molecule has 1 saturated heterocycles. The molecule has 0 aliphatic carbocycles. The Labute approximate surface area is 207 Å². The molecule has 1 amide bonds. The largest absolute Gasteiger partial charge is 0.386 e. The number of halogens is 3. The summed E-state index contributed by atoms with van der Waals surface area (Å²) in [6.45, 7) is 13.4. The Morgan fingerprint density at radius 3 is 2.11 bits per heavy atom. The number of nitrogens with zero attached hydrogens (tertiary/aromatic N) is 1. The lowest BCUT2D eigenvalue weighted by molar-refractivity contribution is -0.149. The molecule has 0 unspecified atom stereocenters. The van der Waals surface area contributed by atoms with Crippen LogP contribution in [0.4, 0.5) is 24.5 Å². The van der Waals surface area contributed by atoms with Crippen LogP contribution in [0.5, 0.6) is 0 Å². The van der Waals surface area contributed by atoms with Crippen LogP contribution in [0.2, 0.25) is 0 Å². The van der Waals surface area contributed by atoms with Gasteiger partial charge >= 0.3 is 0 Å². The maximum absolute atomic E-state index is 13.6. The number of anilines is 2. The number of rotatable bonds is 5. The van der Waals surface area contributed by atoms with Crippen LogP contribution >= 0.6 is 0 Å². The minimum atomic E-state index is -1.00. The van der Waals surface area contributed by atoms with E-state index >= 15 is 0 Å². The molecule has 0 radical (unpaired) electrons. The van der Waals surface area contributed by atoms with Gasteiger partial charge in [-0.05, 0) is 76.7 Å². The summed E-state index contributed by atoms with van der Waals surface area (Å²) in [7, 11) is 1.93. The number of carbonyl (C=O) groups is 1. The first kappa shape index (κ1) is 32.4. The molecule has 35 heavy (non-hydrogen) atoms. The minimum Gasteiger partial charge on any atom is -0.386 e. The maximum atomic E-state index is 13.6. The van der Waals surface area contributed by atoms with Gasteiger partial charge in [0.05, 0.1) is 30.1 Å². The van der Waals surface area contributed by atoms with E-state index in [0.717, 1.165) is 31.1 Å². The van der Waals surface area contributed by atoms with Crippen LogP contribution in [0.25, 0.3) is 0 Å². The molecule has 6 nitrogen and oxygen atoms in total. The molecule has 1 fully saturated rings. The van der Waals surface area contributed by atoms with Gasteiger partial charge in [0.1, 0.15) is 5.82 Å². The van der Waals surface area contributed by atoms with Crippen molar-refractivity contribution in [3.8, 4) is 0 Å². The first-order chi connectivity index (χ1) is 16.4. The summed E-state index contributed by atoms with van der Waals surface area (Å²) in [4.78, 5) is 12.1. The molecule has 0 bridgehead atoms. The molecule has 0 spiro atoms. The summed E-state index contributed by atoms with van der Waals surface area (Å²) >= 11 is 0. The van der Waals surface area contributed by atoms with E-state index in [-0.39, 0.29) is 17.3 Å². The number of likely N-dealkylation sites (tertiary alicyclic amines) is 1. The molecule has 2 aromatic rings. The normalized spacial score (nSPS) is 13.1. The number of benzene rings is 2. The SMILES string of the molecule is CC.CC(=O)N1CC(C)(O)C1.CNCCCN.Cc1ccc(Nc2c(C)ccc(F)c2F)c(F)c1. The lowest BCUT2D eigenvalue weighted by Crippen LogP contribution is -2.61. The van der Waals surface area contributed by atoms with Crippen LogP contribution in [0.1, 0.15) is 45.2 Å². The van der Waals surface area contributed by atoms with E-state index in [0.29, 0.717) is 18.7 Å². The molecular formula is C26H41F3N4O2. The molecule has 0 saturated carbocycles. The smallest absolute Gasteiger partial charge is 0.219 e. The van der Waals surface area contributed by atoms with E-state index in [1.165, 1.54) is 25.1 Å². The summed E-state index contributed by atoms with van der Waals surface area (Å²) in [5.74, 6) is -2.43. The number of aryl methyl sites for hydroxylation is 2. The van der Waals surface area contributed by atoms with Gasteiger partial charge in [0.15, 0.2) is 11.6 Å². The van der Waals surface area contributed by atoms with Gasteiger partial charge in [-0.25, -0.2) is 13.2 Å². The first-order valence-electron chi connectivity index (χ1n) is 11.7. The highest BCUT2D eigenvalue weighted by Gasteiger charge is 2.37. The lowest BCUT2D eigenvalue weighted by Gasteiger charge is -2.43. The lowest BCUT2D eigenvalue weighted by atomic mass is 9.97. The summed E-state index contributed by atoms with van der Waals surface area (Å²) in [6.07, 6.45) is 1.08. The molecule has 2 aromatic carbocycles. The number of amides is 1. The number of nitrogens with two attached hydrogens (primary N) is 1. The zero-order valence-electron chi connectivity index (χ0n) is 21.9. The summed E-state index contributed by atoms with van der Waals surface area (Å²) in [5.41, 5.74) is 5.90. The second-order valence-corrected chi connectivity index (χ2v) is 8.28.